The van der Waals surface area contributed by atoms with Crippen LogP contribution >= 0.6 is 0 Å². The van der Waals surface area contributed by atoms with E-state index in [1.165, 1.54) is 0 Å². The van der Waals surface area contributed by atoms with Crippen molar-refractivity contribution in [3.8, 4) is 0 Å². The summed E-state index contributed by atoms with van der Waals surface area (Å²) < 4.78 is 0. The first-order chi connectivity index (χ1) is 7.81. The van der Waals surface area contributed by atoms with E-state index in [-0.39, 0.29) is 0 Å². The molecule has 2 rings (SSSR count). The molecule has 1 atom stereocenters. The van der Waals surface area contributed by atoms with Gasteiger partial charge in [-0.25, -0.2) is 0 Å². The maximum atomic E-state index is 10.4. The average molecular weight is 220 g/mol. The Balaban J connectivity index is 0.000000606. The fourth-order valence-electron chi connectivity index (χ4n) is 1.60. The zero-order valence-corrected chi connectivity index (χ0v) is 9.18. The molecule has 1 aromatic carbocycles. The molecule has 0 spiro atoms. The monoisotopic (exact) mass is 220 g/mol. The van der Waals surface area contributed by atoms with Crippen LogP contribution in [0.2, 0.25) is 0 Å². The summed E-state index contributed by atoms with van der Waals surface area (Å²) in [5, 5.41) is 8.14. The Morgan fingerprint density at radius 3 is 2.81 bits per heavy atom. The Kier molecular flexibility index (Phi) is 4.69. The van der Waals surface area contributed by atoms with Crippen molar-refractivity contribution in [1.29, 1.82) is 0 Å². The van der Waals surface area contributed by atoms with Crippen LogP contribution in [0, 0.1) is 0 Å². The van der Waals surface area contributed by atoms with Gasteiger partial charge in [-0.3, -0.25) is 0 Å². The van der Waals surface area contributed by atoms with E-state index >= 15 is 0 Å². The molecule has 2 aromatic rings. The molecule has 0 aliphatic heterocycles. The number of benzene rings is 1. The fraction of sp³-hybridized carbons (Fsp3) is 0.250. The molecule has 0 aliphatic carbocycles. The minimum Gasteiger partial charge on any atom is -0.400 e. The first-order valence-corrected chi connectivity index (χ1v) is 5.02. The van der Waals surface area contributed by atoms with E-state index in [0.717, 1.165) is 29.9 Å². The van der Waals surface area contributed by atoms with Gasteiger partial charge in [0, 0.05) is 24.2 Å². The summed E-state index contributed by atoms with van der Waals surface area (Å²) in [4.78, 5) is 13.6. The number of nitrogens with two attached hydrogens (primary N) is 1. The molecule has 1 heterocycles. The van der Waals surface area contributed by atoms with Gasteiger partial charge in [-0.15, -0.1) is 0 Å². The van der Waals surface area contributed by atoms with Crippen molar-refractivity contribution >= 4 is 17.2 Å². The normalized spacial score (nSPS) is 11.7. The van der Waals surface area contributed by atoms with E-state index in [4.69, 9.17) is 10.8 Å². The van der Waals surface area contributed by atoms with Gasteiger partial charge in [-0.1, -0.05) is 18.2 Å². The number of aliphatic hydroxyl groups excluding tert-OH is 1. The zero-order chi connectivity index (χ0) is 12.0. The quantitative estimate of drug-likeness (QED) is 0.671. The van der Waals surface area contributed by atoms with Gasteiger partial charge in [-0.2, -0.15) is 0 Å². The molecule has 86 valence electrons. The van der Waals surface area contributed by atoms with Gasteiger partial charge in [0.2, 0.25) is 0 Å². The van der Waals surface area contributed by atoms with Crippen LogP contribution in [0.3, 0.4) is 0 Å². The van der Waals surface area contributed by atoms with Gasteiger partial charge < -0.3 is 20.6 Å². The third-order valence-corrected chi connectivity index (χ3v) is 2.31. The lowest BCUT2D eigenvalue weighted by molar-refractivity contribution is -0.108. The maximum absolute atomic E-state index is 10.4. The van der Waals surface area contributed by atoms with Crippen molar-refractivity contribution in [1.82, 2.24) is 4.98 Å². The predicted octanol–water partition coefficient (Wildman–Crippen LogP) is 0.845. The molecule has 1 aromatic heterocycles. The molecule has 0 amide bonds. The van der Waals surface area contributed by atoms with E-state index in [9.17, 15) is 4.79 Å². The van der Waals surface area contributed by atoms with Crippen LogP contribution in [0.15, 0.2) is 30.5 Å². The molecule has 0 saturated carbocycles. The van der Waals surface area contributed by atoms with Crippen LogP contribution in [0.1, 0.15) is 5.56 Å². The van der Waals surface area contributed by atoms with Crippen molar-refractivity contribution < 1.29 is 9.90 Å². The van der Waals surface area contributed by atoms with Gasteiger partial charge in [0.05, 0.1) is 6.04 Å². The number of fused-ring (bicyclic) bond motifs is 1. The lowest BCUT2D eigenvalue weighted by atomic mass is 10.1. The van der Waals surface area contributed by atoms with Gasteiger partial charge in [0.15, 0.2) is 0 Å². The second-order valence-corrected chi connectivity index (χ2v) is 3.36. The molecule has 0 aliphatic rings. The summed E-state index contributed by atoms with van der Waals surface area (Å²) >= 11 is 0. The summed E-state index contributed by atoms with van der Waals surface area (Å²) in [7, 11) is 1.00. The van der Waals surface area contributed by atoms with Gasteiger partial charge in [0.1, 0.15) is 6.29 Å². The second-order valence-electron chi connectivity index (χ2n) is 3.36. The molecule has 4 heteroatoms. The van der Waals surface area contributed by atoms with Gasteiger partial charge >= 0.3 is 0 Å². The highest BCUT2D eigenvalue weighted by Gasteiger charge is 2.06. The molecule has 16 heavy (non-hydrogen) atoms. The van der Waals surface area contributed by atoms with Gasteiger partial charge in [0.25, 0.3) is 0 Å². The zero-order valence-electron chi connectivity index (χ0n) is 9.18. The number of para-hydroxylation sites is 1. The van der Waals surface area contributed by atoms with E-state index < -0.39 is 6.04 Å². The smallest absolute Gasteiger partial charge is 0.137 e. The summed E-state index contributed by atoms with van der Waals surface area (Å²) in [6.07, 6.45) is 3.28. The van der Waals surface area contributed by atoms with Crippen molar-refractivity contribution in [2.24, 2.45) is 5.73 Å². The number of carbonyl (C=O) groups excluding carboxylic acids is 1. The summed E-state index contributed by atoms with van der Waals surface area (Å²) in [6, 6.07) is 7.58. The molecule has 1 unspecified atom stereocenters. The van der Waals surface area contributed by atoms with Crippen molar-refractivity contribution in [3.05, 3.63) is 36.0 Å². The number of carbonyl (C=O) groups is 1. The summed E-state index contributed by atoms with van der Waals surface area (Å²) in [5.74, 6) is 0. The number of hydrogen-bond donors (Lipinski definition) is 3. The highest BCUT2D eigenvalue weighted by atomic mass is 16.2. The van der Waals surface area contributed by atoms with Gasteiger partial charge in [-0.05, 0) is 18.1 Å². The molecule has 0 bridgehead atoms. The first kappa shape index (κ1) is 12.4. The minimum absolute atomic E-state index is 0.408. The van der Waals surface area contributed by atoms with Crippen LogP contribution in [-0.4, -0.2) is 29.5 Å². The van der Waals surface area contributed by atoms with Crippen LogP contribution < -0.4 is 5.73 Å². The lowest BCUT2D eigenvalue weighted by Crippen LogP contribution is -2.23. The van der Waals surface area contributed by atoms with Crippen LogP contribution in [0.5, 0.6) is 0 Å². The number of H-pyrrole nitrogens is 1. The number of rotatable bonds is 3. The number of aliphatic hydroxyl groups is 1. The minimum atomic E-state index is -0.408. The molecule has 4 nitrogen and oxygen atoms in total. The van der Waals surface area contributed by atoms with E-state index in [2.05, 4.69) is 4.98 Å². The lowest BCUT2D eigenvalue weighted by Gasteiger charge is -2.01. The molecule has 4 N–H and O–H groups in total. The third kappa shape index (κ3) is 2.68. The second kappa shape index (κ2) is 6.05. The number of aromatic nitrogens is 1. The Bertz CT molecular complexity index is 451. The highest BCUT2D eigenvalue weighted by molar-refractivity contribution is 5.83. The largest absolute Gasteiger partial charge is 0.400 e. The van der Waals surface area contributed by atoms with Crippen molar-refractivity contribution in [2.75, 3.05) is 7.11 Å². The van der Waals surface area contributed by atoms with Crippen LogP contribution in [0.4, 0.5) is 0 Å². The standard InChI is InChI=1S/C11H12N2O.CH4O/c12-9(7-14)5-8-6-13-11-4-2-1-3-10(8)11;1-2/h1-4,6-7,9,13H,5,12H2;2H,1H3. The number of hydrogen-bond acceptors (Lipinski definition) is 3. The van der Waals surface area contributed by atoms with E-state index in [1.54, 1.807) is 0 Å². The number of nitrogens with one attached hydrogen (secondary N) is 1. The summed E-state index contributed by atoms with van der Waals surface area (Å²) in [5.41, 5.74) is 7.75. The maximum Gasteiger partial charge on any atom is 0.137 e. The molecule has 0 fully saturated rings. The molecule has 0 saturated heterocycles. The number of aromatic amines is 1. The average Bonchev–Trinajstić information content (AvgIpc) is 2.75. The van der Waals surface area contributed by atoms with Crippen molar-refractivity contribution in [2.45, 2.75) is 12.5 Å². The third-order valence-electron chi connectivity index (χ3n) is 2.31. The topological polar surface area (TPSA) is 79.1 Å². The molecular weight excluding hydrogens is 204 g/mol. The van der Waals surface area contributed by atoms with E-state index in [0.29, 0.717) is 6.42 Å². The highest BCUT2D eigenvalue weighted by Crippen LogP contribution is 2.18. The Morgan fingerprint density at radius 1 is 1.44 bits per heavy atom. The fourth-order valence-corrected chi connectivity index (χ4v) is 1.60. The SMILES string of the molecule is CO.NC(C=O)Cc1c[nH]c2ccccc12. The van der Waals surface area contributed by atoms with Crippen LogP contribution in [-0.2, 0) is 11.2 Å². The molecule has 0 radical (unpaired) electrons. The van der Waals surface area contributed by atoms with Crippen LogP contribution in [0.25, 0.3) is 10.9 Å². The van der Waals surface area contributed by atoms with Crippen molar-refractivity contribution in [3.63, 3.8) is 0 Å². The Hall–Kier alpha value is -1.65. The first-order valence-electron chi connectivity index (χ1n) is 5.02. The molecular formula is C12H16N2O2. The Labute approximate surface area is 94.1 Å². The predicted molar refractivity (Wildman–Crippen MR) is 64.2 cm³/mol. The number of aldehydes is 1. The summed E-state index contributed by atoms with van der Waals surface area (Å²) in [6.45, 7) is 0. The van der Waals surface area contributed by atoms with E-state index in [1.807, 2.05) is 30.5 Å². The Morgan fingerprint density at radius 2 is 2.12 bits per heavy atom.